The molecular weight excluding hydrogens is 292 g/mol. The highest BCUT2D eigenvalue weighted by Gasteiger charge is 2.19. The molecule has 120 valence electrons. The maximum atomic E-state index is 4.73. The molecule has 0 aliphatic heterocycles. The molecule has 1 heterocycles. The van der Waals surface area contributed by atoms with E-state index in [-0.39, 0.29) is 0 Å². The van der Waals surface area contributed by atoms with Crippen molar-refractivity contribution in [2.24, 2.45) is 13.0 Å². The van der Waals surface area contributed by atoms with E-state index in [1.165, 1.54) is 38.2 Å². The molecule has 0 saturated carbocycles. The number of benzene rings is 3. The fraction of sp³-hybridized carbons (Fsp3) is 0.273. The maximum absolute atomic E-state index is 4.73. The number of fused-ring (bicyclic) bond motifs is 6. The number of aromatic nitrogens is 2. The van der Waals surface area contributed by atoms with E-state index in [4.69, 9.17) is 4.98 Å². The van der Waals surface area contributed by atoms with E-state index in [9.17, 15) is 0 Å². The second kappa shape index (κ2) is 5.55. The first-order valence-corrected chi connectivity index (χ1v) is 8.65. The van der Waals surface area contributed by atoms with E-state index in [2.05, 4.69) is 68.8 Å². The van der Waals surface area contributed by atoms with Crippen LogP contribution in [0.5, 0.6) is 0 Å². The monoisotopic (exact) mass is 315 g/mol. The summed E-state index contributed by atoms with van der Waals surface area (Å²) in [6, 6.07) is 13.2. The minimum absolute atomic E-state index is 0.653. The molecule has 0 radical (unpaired) electrons. The van der Waals surface area contributed by atoms with Crippen molar-refractivity contribution in [1.82, 2.24) is 4.98 Å². The second-order valence-electron chi connectivity index (χ2n) is 7.15. The molecule has 0 N–H and O–H groups in total. The first kappa shape index (κ1) is 15.1. The van der Waals surface area contributed by atoms with Crippen molar-refractivity contribution in [3.05, 3.63) is 59.9 Å². The molecule has 0 spiro atoms. The molecule has 0 fully saturated rings. The summed E-state index contributed by atoms with van der Waals surface area (Å²) in [4.78, 5) is 4.73. The van der Waals surface area contributed by atoms with Gasteiger partial charge in [0.05, 0.1) is 11.6 Å². The Bertz CT molecular complexity index is 1080. The summed E-state index contributed by atoms with van der Waals surface area (Å²) in [5.41, 5.74) is 5.15. The Morgan fingerprint density at radius 3 is 2.50 bits per heavy atom. The lowest BCUT2D eigenvalue weighted by molar-refractivity contribution is -0.644. The van der Waals surface area contributed by atoms with Gasteiger partial charge in [-0.15, -0.1) is 0 Å². The van der Waals surface area contributed by atoms with Gasteiger partial charge in [-0.1, -0.05) is 50.2 Å². The van der Waals surface area contributed by atoms with Crippen LogP contribution >= 0.6 is 0 Å². The predicted octanol–water partition coefficient (Wildman–Crippen LogP) is 4.87. The second-order valence-corrected chi connectivity index (χ2v) is 7.15. The topological polar surface area (TPSA) is 16.8 Å². The Morgan fingerprint density at radius 2 is 1.75 bits per heavy atom. The summed E-state index contributed by atoms with van der Waals surface area (Å²) >= 11 is 0. The Kier molecular flexibility index (Phi) is 3.49. The van der Waals surface area contributed by atoms with Crippen LogP contribution < -0.4 is 4.57 Å². The van der Waals surface area contributed by atoms with Crippen LogP contribution in [0.1, 0.15) is 25.0 Å². The van der Waals surface area contributed by atoms with Crippen molar-refractivity contribution < 1.29 is 4.57 Å². The van der Waals surface area contributed by atoms with E-state index >= 15 is 0 Å². The highest BCUT2D eigenvalue weighted by molar-refractivity contribution is 6.23. The Hall–Kier alpha value is -2.48. The fourth-order valence-corrected chi connectivity index (χ4v) is 3.87. The van der Waals surface area contributed by atoms with E-state index in [0.717, 1.165) is 11.9 Å². The Labute approximate surface area is 142 Å². The fourth-order valence-electron chi connectivity index (χ4n) is 3.87. The largest absolute Gasteiger partial charge is 0.243 e. The van der Waals surface area contributed by atoms with E-state index < -0.39 is 0 Å². The molecule has 0 unspecified atom stereocenters. The molecule has 0 saturated heterocycles. The molecule has 4 aromatic rings. The maximum Gasteiger partial charge on any atom is 0.239 e. The molecule has 0 amide bonds. The van der Waals surface area contributed by atoms with Gasteiger partial charge >= 0.3 is 0 Å². The van der Waals surface area contributed by atoms with Crippen LogP contribution in [0.15, 0.2) is 48.8 Å². The summed E-state index contributed by atoms with van der Waals surface area (Å²) in [7, 11) is 2.12. The Morgan fingerprint density at radius 1 is 1.00 bits per heavy atom. The average molecular weight is 315 g/mol. The van der Waals surface area contributed by atoms with Crippen LogP contribution in [-0.2, 0) is 13.5 Å². The van der Waals surface area contributed by atoms with Crippen molar-refractivity contribution in [3.63, 3.8) is 0 Å². The Balaban J connectivity index is 2.28. The summed E-state index contributed by atoms with van der Waals surface area (Å²) in [5, 5.41) is 5.19. The van der Waals surface area contributed by atoms with E-state index in [1.807, 2.05) is 12.4 Å². The molecule has 3 aromatic carbocycles. The molecule has 0 atom stereocenters. The first-order valence-electron chi connectivity index (χ1n) is 8.65. The van der Waals surface area contributed by atoms with Crippen molar-refractivity contribution >= 4 is 32.6 Å². The van der Waals surface area contributed by atoms with Gasteiger partial charge in [0, 0.05) is 5.39 Å². The van der Waals surface area contributed by atoms with Crippen LogP contribution in [0.2, 0.25) is 0 Å². The van der Waals surface area contributed by atoms with E-state index in [1.54, 1.807) is 0 Å². The third kappa shape index (κ3) is 2.17. The number of rotatable bonds is 2. The normalized spacial score (nSPS) is 11.9. The van der Waals surface area contributed by atoms with Gasteiger partial charge in [0.1, 0.15) is 12.6 Å². The number of hydrogen-bond acceptors (Lipinski definition) is 1. The quantitative estimate of drug-likeness (QED) is 0.381. The van der Waals surface area contributed by atoms with Crippen molar-refractivity contribution in [2.45, 2.75) is 27.2 Å². The summed E-state index contributed by atoms with van der Waals surface area (Å²) < 4.78 is 2.21. The van der Waals surface area contributed by atoms with Crippen molar-refractivity contribution in [1.29, 1.82) is 0 Å². The van der Waals surface area contributed by atoms with E-state index in [0.29, 0.717) is 5.92 Å². The first-order chi connectivity index (χ1) is 11.6. The zero-order chi connectivity index (χ0) is 16.8. The molecule has 1 aromatic heterocycles. The summed E-state index contributed by atoms with van der Waals surface area (Å²) in [6.45, 7) is 6.83. The standard InChI is InChI=1S/C22H23N2/c1-14(2)13-16-9-10-18-17-7-5-6-8-19(17)21-22(20(18)15(16)3)24(4)12-11-23-21/h5-12,14H,13H2,1-4H3/q+1. The van der Waals surface area contributed by atoms with Crippen molar-refractivity contribution in [2.75, 3.05) is 0 Å². The lowest BCUT2D eigenvalue weighted by Gasteiger charge is -2.14. The zero-order valence-electron chi connectivity index (χ0n) is 14.8. The van der Waals surface area contributed by atoms with Crippen LogP contribution in [0.25, 0.3) is 32.6 Å². The van der Waals surface area contributed by atoms with Gasteiger partial charge in [-0.25, -0.2) is 4.98 Å². The lowest BCUT2D eigenvalue weighted by Crippen LogP contribution is -2.29. The molecule has 0 bridgehead atoms. The van der Waals surface area contributed by atoms with Gasteiger partial charge in [0.15, 0.2) is 6.20 Å². The predicted molar refractivity (Wildman–Crippen MR) is 101 cm³/mol. The van der Waals surface area contributed by atoms with Crippen molar-refractivity contribution in [3.8, 4) is 0 Å². The molecule has 24 heavy (non-hydrogen) atoms. The lowest BCUT2D eigenvalue weighted by atomic mass is 9.90. The van der Waals surface area contributed by atoms with Gasteiger partial charge in [-0.05, 0) is 41.2 Å². The third-order valence-electron chi connectivity index (χ3n) is 4.99. The molecule has 2 heteroatoms. The zero-order valence-corrected chi connectivity index (χ0v) is 14.8. The van der Waals surface area contributed by atoms with Gasteiger partial charge in [0.25, 0.3) is 0 Å². The molecule has 0 aliphatic rings. The third-order valence-corrected chi connectivity index (χ3v) is 4.99. The molecule has 4 rings (SSSR count). The summed E-state index contributed by atoms with van der Waals surface area (Å²) in [5.74, 6) is 0.653. The van der Waals surface area contributed by atoms with Crippen LogP contribution in [0.3, 0.4) is 0 Å². The van der Waals surface area contributed by atoms with Crippen LogP contribution in [-0.4, -0.2) is 4.98 Å². The van der Waals surface area contributed by atoms with Crippen LogP contribution in [0.4, 0.5) is 0 Å². The molecular formula is C22H23N2+. The average Bonchev–Trinajstić information content (AvgIpc) is 2.57. The molecule has 0 aliphatic carbocycles. The van der Waals surface area contributed by atoms with Gasteiger partial charge in [0.2, 0.25) is 5.52 Å². The van der Waals surface area contributed by atoms with Gasteiger partial charge in [-0.3, -0.25) is 0 Å². The minimum Gasteiger partial charge on any atom is -0.243 e. The number of aryl methyl sites for hydroxylation is 2. The van der Waals surface area contributed by atoms with Gasteiger partial charge in [-0.2, -0.15) is 4.57 Å². The minimum atomic E-state index is 0.653. The number of hydrogen-bond donors (Lipinski definition) is 0. The highest BCUT2D eigenvalue weighted by Crippen LogP contribution is 2.35. The van der Waals surface area contributed by atoms with Gasteiger partial charge < -0.3 is 0 Å². The SMILES string of the molecule is Cc1c(CC(C)C)ccc2c3ccccc3c3ncc[n+](C)c3c12. The smallest absolute Gasteiger partial charge is 0.239 e. The van der Waals surface area contributed by atoms with Crippen LogP contribution in [0, 0.1) is 12.8 Å². The molecule has 2 nitrogen and oxygen atoms in total. The number of nitrogens with zero attached hydrogens (tertiary/aromatic N) is 2. The highest BCUT2D eigenvalue weighted by atomic mass is 14.9. The summed E-state index contributed by atoms with van der Waals surface area (Å²) in [6.07, 6.45) is 5.05.